The lowest BCUT2D eigenvalue weighted by atomic mass is 9.74. The van der Waals surface area contributed by atoms with Crippen molar-refractivity contribution in [2.45, 2.75) is 19.6 Å². The van der Waals surface area contributed by atoms with Gasteiger partial charge in [0.1, 0.15) is 5.41 Å². The molecule has 0 aromatic heterocycles. The molecule has 1 aliphatic carbocycles. The lowest BCUT2D eigenvalue weighted by Gasteiger charge is -2.31. The van der Waals surface area contributed by atoms with Gasteiger partial charge in [-0.25, -0.2) is 4.79 Å². The summed E-state index contributed by atoms with van der Waals surface area (Å²) in [7, 11) is 1.06. The second-order valence-corrected chi connectivity index (χ2v) is 4.09. The highest BCUT2D eigenvalue weighted by Gasteiger charge is 2.45. The van der Waals surface area contributed by atoms with Crippen LogP contribution in [0.25, 0.3) is 0 Å². The fourth-order valence-corrected chi connectivity index (χ4v) is 1.72. The molecule has 0 saturated carbocycles. The van der Waals surface area contributed by atoms with Crippen LogP contribution in [-0.4, -0.2) is 40.6 Å². The van der Waals surface area contributed by atoms with Gasteiger partial charge < -0.3 is 14.9 Å². The van der Waals surface area contributed by atoms with E-state index in [1.807, 2.05) is 0 Å². The first kappa shape index (κ1) is 14.3. The minimum atomic E-state index is -2.55. The van der Waals surface area contributed by atoms with Gasteiger partial charge in [-0.2, -0.15) is 0 Å². The first-order valence-electron chi connectivity index (χ1n) is 5.16. The number of esters is 1. The number of aliphatic hydroxyl groups is 2. The average Bonchev–Trinajstić information content (AvgIpc) is 2.27. The highest BCUT2D eigenvalue weighted by molar-refractivity contribution is 6.11. The van der Waals surface area contributed by atoms with Crippen molar-refractivity contribution in [3.8, 4) is 0 Å². The molecule has 0 saturated heterocycles. The van der Waals surface area contributed by atoms with E-state index in [9.17, 15) is 24.6 Å². The molecular weight excluding hydrogens is 240 g/mol. The van der Waals surface area contributed by atoms with Crippen LogP contribution in [0.15, 0.2) is 23.8 Å². The second kappa shape index (κ2) is 4.47. The number of allylic oxidation sites excluding steroid dienone is 2. The Bertz CT molecular complexity index is 455. The topological polar surface area (TPSA) is 101 Å². The minimum Gasteiger partial charge on any atom is -0.466 e. The Morgan fingerprint density at radius 2 is 1.61 bits per heavy atom. The van der Waals surface area contributed by atoms with Crippen molar-refractivity contribution in [2.24, 2.45) is 5.41 Å². The van der Waals surface area contributed by atoms with Gasteiger partial charge in [0.2, 0.25) is 5.79 Å². The molecule has 0 bridgehead atoms. The third-order valence-electron chi connectivity index (χ3n) is 2.92. The van der Waals surface area contributed by atoms with Gasteiger partial charge in [-0.15, -0.1) is 0 Å². The zero-order chi connectivity index (χ0) is 14.1. The molecule has 1 aliphatic rings. The lowest BCUT2D eigenvalue weighted by Crippen LogP contribution is -2.43. The molecule has 98 valence electrons. The summed E-state index contributed by atoms with van der Waals surface area (Å²) in [6.07, 6.45) is 2.83. The Morgan fingerprint density at radius 1 is 1.11 bits per heavy atom. The Kier molecular flexibility index (Phi) is 3.54. The van der Waals surface area contributed by atoms with Crippen molar-refractivity contribution in [1.82, 2.24) is 0 Å². The molecule has 0 spiro atoms. The number of carbonyl (C=O) groups is 3. The number of Topliss-reactive ketones (excluding diaryl/α,β-unsaturated/α-hetero) is 2. The quantitative estimate of drug-likeness (QED) is 0.305. The smallest absolute Gasteiger partial charge is 0.339 e. The van der Waals surface area contributed by atoms with Crippen LogP contribution in [0, 0.1) is 5.41 Å². The van der Waals surface area contributed by atoms with Crippen molar-refractivity contribution in [3.05, 3.63) is 23.8 Å². The molecule has 0 heterocycles. The van der Waals surface area contributed by atoms with Crippen LogP contribution in [-0.2, 0) is 19.1 Å². The van der Waals surface area contributed by atoms with E-state index in [0.717, 1.165) is 25.3 Å². The van der Waals surface area contributed by atoms with Crippen LogP contribution in [0.5, 0.6) is 0 Å². The minimum absolute atomic E-state index is 0.525. The maximum absolute atomic E-state index is 11.6. The highest BCUT2D eigenvalue weighted by atomic mass is 16.5. The van der Waals surface area contributed by atoms with E-state index in [1.54, 1.807) is 0 Å². The number of methoxy groups -OCH3 is 1. The van der Waals surface area contributed by atoms with Gasteiger partial charge in [0, 0.05) is 0 Å². The number of hydrogen-bond acceptors (Lipinski definition) is 6. The molecule has 1 rings (SSSR count). The van der Waals surface area contributed by atoms with Crippen LogP contribution < -0.4 is 0 Å². The molecule has 0 radical (unpaired) electrons. The molecule has 6 nitrogen and oxygen atoms in total. The van der Waals surface area contributed by atoms with Crippen molar-refractivity contribution in [3.63, 3.8) is 0 Å². The van der Waals surface area contributed by atoms with Crippen molar-refractivity contribution >= 4 is 17.5 Å². The molecule has 6 heteroatoms. The van der Waals surface area contributed by atoms with Gasteiger partial charge >= 0.3 is 5.97 Å². The van der Waals surface area contributed by atoms with Crippen LogP contribution >= 0.6 is 0 Å². The largest absolute Gasteiger partial charge is 0.466 e. The number of ketones is 2. The van der Waals surface area contributed by atoms with Crippen molar-refractivity contribution < 1.29 is 29.3 Å². The molecule has 2 N–H and O–H groups in total. The highest BCUT2D eigenvalue weighted by Crippen LogP contribution is 2.35. The van der Waals surface area contributed by atoms with Crippen LogP contribution in [0.2, 0.25) is 0 Å². The molecule has 0 amide bonds. The predicted molar refractivity (Wildman–Crippen MR) is 60.2 cm³/mol. The third-order valence-corrected chi connectivity index (χ3v) is 2.92. The Labute approximate surface area is 104 Å². The summed E-state index contributed by atoms with van der Waals surface area (Å²) in [5.41, 5.74) is -2.21. The van der Waals surface area contributed by atoms with E-state index in [-0.39, 0.29) is 0 Å². The molecule has 0 aromatic rings. The number of ether oxygens (including phenoxy) is 1. The SMILES string of the molecule is COC(=O)C1=CC(C(C)=O)(C(C)=O)C=CC1(O)O. The van der Waals surface area contributed by atoms with Gasteiger partial charge in [-0.05, 0) is 26.0 Å². The maximum atomic E-state index is 11.6. The Balaban J connectivity index is 3.45. The monoisotopic (exact) mass is 254 g/mol. The summed E-state index contributed by atoms with van der Waals surface area (Å²) >= 11 is 0. The fraction of sp³-hybridized carbons (Fsp3) is 0.417. The van der Waals surface area contributed by atoms with Gasteiger partial charge in [-0.3, -0.25) is 9.59 Å². The van der Waals surface area contributed by atoms with E-state index in [4.69, 9.17) is 0 Å². The zero-order valence-electron chi connectivity index (χ0n) is 10.3. The number of carbonyl (C=O) groups excluding carboxylic acids is 3. The van der Waals surface area contributed by atoms with Crippen molar-refractivity contribution in [1.29, 1.82) is 0 Å². The molecule has 0 atom stereocenters. The van der Waals surface area contributed by atoms with Gasteiger partial charge in [0.05, 0.1) is 12.7 Å². The standard InChI is InChI=1S/C12H14O6/c1-7(13)11(8(2)14)4-5-12(16,17)9(6-11)10(15)18-3/h4-6,16-17H,1-3H3. The van der Waals surface area contributed by atoms with E-state index < -0.39 is 34.3 Å². The normalized spacial score (nSPS) is 19.9. The van der Waals surface area contributed by atoms with E-state index in [2.05, 4.69) is 4.74 Å². The van der Waals surface area contributed by atoms with E-state index in [1.165, 1.54) is 13.8 Å². The average molecular weight is 254 g/mol. The van der Waals surface area contributed by atoms with Crippen molar-refractivity contribution in [2.75, 3.05) is 7.11 Å². The van der Waals surface area contributed by atoms with Crippen LogP contribution in [0.3, 0.4) is 0 Å². The van der Waals surface area contributed by atoms with Crippen LogP contribution in [0.1, 0.15) is 13.8 Å². The maximum Gasteiger partial charge on any atom is 0.339 e. The number of hydrogen-bond donors (Lipinski definition) is 2. The molecular formula is C12H14O6. The van der Waals surface area contributed by atoms with Gasteiger partial charge in [0.15, 0.2) is 11.6 Å². The summed E-state index contributed by atoms with van der Waals surface area (Å²) in [6, 6.07) is 0. The second-order valence-electron chi connectivity index (χ2n) is 4.09. The first-order valence-corrected chi connectivity index (χ1v) is 5.16. The van der Waals surface area contributed by atoms with Gasteiger partial charge in [-0.1, -0.05) is 6.08 Å². The molecule has 18 heavy (non-hydrogen) atoms. The Morgan fingerprint density at radius 3 is 2.00 bits per heavy atom. The summed E-state index contributed by atoms with van der Waals surface area (Å²) in [6.45, 7) is 2.36. The number of rotatable bonds is 3. The van der Waals surface area contributed by atoms with Crippen LogP contribution in [0.4, 0.5) is 0 Å². The van der Waals surface area contributed by atoms with E-state index in [0.29, 0.717) is 0 Å². The molecule has 0 fully saturated rings. The summed E-state index contributed by atoms with van der Waals surface area (Å²) in [5.74, 6) is -4.62. The molecule has 0 unspecified atom stereocenters. The Hall–Kier alpha value is -1.79. The fourth-order valence-electron chi connectivity index (χ4n) is 1.72. The first-order chi connectivity index (χ1) is 8.17. The summed E-state index contributed by atoms with van der Waals surface area (Å²) < 4.78 is 4.39. The summed E-state index contributed by atoms with van der Waals surface area (Å²) in [4.78, 5) is 34.6. The zero-order valence-corrected chi connectivity index (χ0v) is 10.3. The molecule has 0 aliphatic heterocycles. The predicted octanol–water partition coefficient (Wildman–Crippen LogP) is -0.499. The molecule has 0 aromatic carbocycles. The van der Waals surface area contributed by atoms with E-state index >= 15 is 0 Å². The summed E-state index contributed by atoms with van der Waals surface area (Å²) in [5, 5.41) is 19.2. The third kappa shape index (κ3) is 2.12. The van der Waals surface area contributed by atoms with Gasteiger partial charge in [0.25, 0.3) is 0 Å². The lowest BCUT2D eigenvalue weighted by molar-refractivity contribution is -0.146.